The van der Waals surface area contributed by atoms with E-state index in [1.807, 2.05) is 23.7 Å². The summed E-state index contributed by atoms with van der Waals surface area (Å²) in [7, 11) is 0. The highest BCUT2D eigenvalue weighted by Gasteiger charge is 2.10. The summed E-state index contributed by atoms with van der Waals surface area (Å²) in [5.74, 6) is 0.306. The number of phenolic OH excluding ortho intramolecular Hbond substituents is 1. The lowest BCUT2D eigenvalue weighted by molar-refractivity contribution is 0.474. The van der Waals surface area contributed by atoms with Crippen LogP contribution in [0, 0.1) is 0 Å². The van der Waals surface area contributed by atoms with Crippen LogP contribution in [0.3, 0.4) is 0 Å². The number of phenols is 1. The molecule has 2 aromatic rings. The van der Waals surface area contributed by atoms with Crippen molar-refractivity contribution in [3.05, 3.63) is 46.4 Å². The lowest BCUT2D eigenvalue weighted by Crippen LogP contribution is -2.19. The lowest BCUT2D eigenvalue weighted by atomic mass is 10.2. The Labute approximate surface area is 105 Å². The molecule has 0 aliphatic rings. The molecule has 2 N–H and O–H groups in total. The molecule has 0 amide bonds. The van der Waals surface area contributed by atoms with Crippen LogP contribution in [0.25, 0.3) is 0 Å². The van der Waals surface area contributed by atoms with Crippen molar-refractivity contribution < 1.29 is 5.11 Å². The molecule has 1 unspecified atom stereocenters. The monoisotopic (exact) mass is 248 g/mol. The molecule has 1 aromatic heterocycles. The van der Waals surface area contributed by atoms with Crippen molar-refractivity contribution in [3.63, 3.8) is 0 Å². The molecule has 0 aliphatic heterocycles. The molecule has 1 heterocycles. The Morgan fingerprint density at radius 2 is 2.12 bits per heavy atom. The first-order valence-electron chi connectivity index (χ1n) is 5.70. The molecule has 1 aromatic carbocycles. The molecule has 90 valence electrons. The second kappa shape index (κ2) is 5.80. The number of thiazole rings is 1. The fraction of sp³-hybridized carbons (Fsp3) is 0.308. The second-order valence-corrected chi connectivity index (χ2v) is 4.80. The maximum Gasteiger partial charge on any atom is 0.115 e. The highest BCUT2D eigenvalue weighted by molar-refractivity contribution is 7.09. The number of aromatic hydroxyl groups is 1. The molecule has 0 fully saturated rings. The Balaban J connectivity index is 1.94. The van der Waals surface area contributed by atoms with Crippen molar-refractivity contribution in [2.45, 2.75) is 25.9 Å². The molecule has 0 aliphatic carbocycles. The number of nitrogens with one attached hydrogen (secondary N) is 1. The van der Waals surface area contributed by atoms with Crippen molar-refractivity contribution >= 4 is 11.3 Å². The van der Waals surface area contributed by atoms with Crippen molar-refractivity contribution in [1.29, 1.82) is 0 Å². The summed E-state index contributed by atoms with van der Waals surface area (Å²) in [6.45, 7) is 2.94. The Hall–Kier alpha value is -1.39. The Kier molecular flexibility index (Phi) is 4.12. The molecule has 0 saturated heterocycles. The van der Waals surface area contributed by atoms with Gasteiger partial charge in [-0.1, -0.05) is 19.1 Å². The summed E-state index contributed by atoms with van der Waals surface area (Å²) < 4.78 is 0. The SMILES string of the molecule is CCC(NCc1ccc(O)cc1)c1nccs1. The molecule has 0 saturated carbocycles. The number of nitrogens with zero attached hydrogens (tertiary/aromatic N) is 1. The van der Waals surface area contributed by atoms with Crippen LogP contribution in [0.15, 0.2) is 35.8 Å². The molecule has 17 heavy (non-hydrogen) atoms. The van der Waals surface area contributed by atoms with Gasteiger partial charge in [0.2, 0.25) is 0 Å². The van der Waals surface area contributed by atoms with Crippen LogP contribution < -0.4 is 5.32 Å². The number of hydrogen-bond acceptors (Lipinski definition) is 4. The van der Waals surface area contributed by atoms with Gasteiger partial charge in [0.25, 0.3) is 0 Å². The summed E-state index contributed by atoms with van der Waals surface area (Å²) in [5.41, 5.74) is 1.16. The van der Waals surface area contributed by atoms with Gasteiger partial charge in [-0.05, 0) is 24.1 Å². The van der Waals surface area contributed by atoms with Crippen LogP contribution in [0.2, 0.25) is 0 Å². The summed E-state index contributed by atoms with van der Waals surface area (Å²) in [5, 5.41) is 15.8. The van der Waals surface area contributed by atoms with Crippen LogP contribution in [-0.2, 0) is 6.54 Å². The molecule has 0 radical (unpaired) electrons. The van der Waals surface area contributed by atoms with Gasteiger partial charge in [0.05, 0.1) is 6.04 Å². The van der Waals surface area contributed by atoms with E-state index in [2.05, 4.69) is 17.2 Å². The molecule has 2 rings (SSSR count). The van der Waals surface area contributed by atoms with Crippen LogP contribution in [0.5, 0.6) is 5.75 Å². The molecule has 0 bridgehead atoms. The van der Waals surface area contributed by atoms with Crippen molar-refractivity contribution in [2.75, 3.05) is 0 Å². The normalized spacial score (nSPS) is 12.5. The van der Waals surface area contributed by atoms with Gasteiger partial charge in [-0.25, -0.2) is 4.98 Å². The van der Waals surface area contributed by atoms with E-state index in [1.165, 1.54) is 0 Å². The first kappa shape index (κ1) is 12.1. The summed E-state index contributed by atoms with van der Waals surface area (Å²) in [6, 6.07) is 7.58. The zero-order valence-electron chi connectivity index (χ0n) is 9.76. The highest BCUT2D eigenvalue weighted by atomic mass is 32.1. The fourth-order valence-corrected chi connectivity index (χ4v) is 2.46. The number of hydrogen-bond donors (Lipinski definition) is 2. The minimum Gasteiger partial charge on any atom is -0.508 e. The van der Waals surface area contributed by atoms with Crippen LogP contribution in [-0.4, -0.2) is 10.1 Å². The second-order valence-electron chi connectivity index (χ2n) is 3.88. The maximum atomic E-state index is 9.20. The van der Waals surface area contributed by atoms with Crippen LogP contribution in [0.4, 0.5) is 0 Å². The van der Waals surface area contributed by atoms with Gasteiger partial charge in [0.1, 0.15) is 10.8 Å². The summed E-state index contributed by atoms with van der Waals surface area (Å²) >= 11 is 1.68. The van der Waals surface area contributed by atoms with Crippen molar-refractivity contribution in [2.24, 2.45) is 0 Å². The van der Waals surface area contributed by atoms with E-state index in [-0.39, 0.29) is 0 Å². The number of aromatic nitrogens is 1. The van der Waals surface area contributed by atoms with E-state index in [4.69, 9.17) is 0 Å². The maximum absolute atomic E-state index is 9.20. The van der Waals surface area contributed by atoms with Gasteiger partial charge in [-0.2, -0.15) is 0 Å². The standard InChI is InChI=1S/C13H16N2OS/c1-2-12(13-14-7-8-17-13)15-9-10-3-5-11(16)6-4-10/h3-8,12,15-16H,2,9H2,1H3. The first-order valence-corrected chi connectivity index (χ1v) is 6.58. The predicted molar refractivity (Wildman–Crippen MR) is 70.1 cm³/mol. The lowest BCUT2D eigenvalue weighted by Gasteiger charge is -2.14. The van der Waals surface area contributed by atoms with Gasteiger partial charge in [0.15, 0.2) is 0 Å². The van der Waals surface area contributed by atoms with Gasteiger partial charge in [-0.15, -0.1) is 11.3 Å². The number of benzene rings is 1. The quantitative estimate of drug-likeness (QED) is 0.854. The van der Waals surface area contributed by atoms with Crippen LogP contribution >= 0.6 is 11.3 Å². The molecular formula is C13H16N2OS. The van der Waals surface area contributed by atoms with Gasteiger partial charge >= 0.3 is 0 Å². The minimum absolute atomic E-state index is 0.306. The van der Waals surface area contributed by atoms with Crippen molar-refractivity contribution in [1.82, 2.24) is 10.3 Å². The summed E-state index contributed by atoms with van der Waals surface area (Å²) in [6.07, 6.45) is 2.86. The van der Waals surface area contributed by atoms with E-state index < -0.39 is 0 Å². The predicted octanol–water partition coefficient (Wildman–Crippen LogP) is 3.09. The van der Waals surface area contributed by atoms with Gasteiger partial charge in [0, 0.05) is 18.1 Å². The zero-order valence-corrected chi connectivity index (χ0v) is 10.6. The fourth-order valence-electron chi connectivity index (χ4n) is 1.67. The van der Waals surface area contributed by atoms with E-state index >= 15 is 0 Å². The minimum atomic E-state index is 0.306. The smallest absolute Gasteiger partial charge is 0.115 e. The highest BCUT2D eigenvalue weighted by Crippen LogP contribution is 2.19. The van der Waals surface area contributed by atoms with E-state index in [0.29, 0.717) is 11.8 Å². The largest absolute Gasteiger partial charge is 0.508 e. The van der Waals surface area contributed by atoms with E-state index in [0.717, 1.165) is 23.5 Å². The van der Waals surface area contributed by atoms with Gasteiger partial charge in [-0.3, -0.25) is 0 Å². The average molecular weight is 248 g/mol. The van der Waals surface area contributed by atoms with Crippen LogP contribution in [0.1, 0.15) is 30.0 Å². The van der Waals surface area contributed by atoms with Crippen molar-refractivity contribution in [3.8, 4) is 5.75 Å². The van der Waals surface area contributed by atoms with Gasteiger partial charge < -0.3 is 10.4 Å². The third-order valence-electron chi connectivity index (χ3n) is 2.65. The number of rotatable bonds is 5. The summed E-state index contributed by atoms with van der Waals surface area (Å²) in [4.78, 5) is 4.33. The Morgan fingerprint density at radius 3 is 2.71 bits per heavy atom. The third-order valence-corrected chi connectivity index (χ3v) is 3.54. The first-order chi connectivity index (χ1) is 8.29. The van der Waals surface area contributed by atoms with E-state index in [9.17, 15) is 5.11 Å². The molecule has 3 nitrogen and oxygen atoms in total. The average Bonchev–Trinajstić information content (AvgIpc) is 2.86. The third kappa shape index (κ3) is 3.28. The molecule has 1 atom stereocenters. The zero-order chi connectivity index (χ0) is 12.1. The Bertz CT molecular complexity index is 439. The molecule has 0 spiro atoms. The molecule has 4 heteroatoms. The topological polar surface area (TPSA) is 45.1 Å². The Morgan fingerprint density at radius 1 is 1.35 bits per heavy atom. The van der Waals surface area contributed by atoms with E-state index in [1.54, 1.807) is 23.5 Å². The molecular weight excluding hydrogens is 232 g/mol.